The van der Waals surface area contributed by atoms with Crippen LogP contribution >= 0.6 is 7.75 Å². The predicted molar refractivity (Wildman–Crippen MR) is 189 cm³/mol. The van der Waals surface area contributed by atoms with Crippen LogP contribution in [0.25, 0.3) is 5.52 Å². The van der Waals surface area contributed by atoms with Gasteiger partial charge in [-0.1, -0.05) is 45.9 Å². The number of fused-ring (bicyclic) bond motifs is 1. The Morgan fingerprint density at radius 1 is 0.942 bits per heavy atom. The molecule has 0 unspecified atom stereocenters. The number of aromatic nitrogens is 3. The highest BCUT2D eigenvalue weighted by atomic mass is 31.2. The third kappa shape index (κ3) is 9.45. The third-order valence-corrected chi connectivity index (χ3v) is 10.0. The molecule has 3 heterocycles. The van der Waals surface area contributed by atoms with Crippen LogP contribution in [-0.2, 0) is 42.4 Å². The number of carbonyl (C=O) groups is 3. The second kappa shape index (κ2) is 16.7. The van der Waals surface area contributed by atoms with Crippen molar-refractivity contribution in [2.75, 3.05) is 12.3 Å². The summed E-state index contributed by atoms with van der Waals surface area (Å²) >= 11 is 0. The Kier molecular flexibility index (Phi) is 13.1. The molecule has 3 aromatic rings. The summed E-state index contributed by atoms with van der Waals surface area (Å²) < 4.78 is 51.8. The van der Waals surface area contributed by atoms with E-state index in [0.29, 0.717) is 11.2 Å². The molecule has 7 N–H and O–H groups in total. The van der Waals surface area contributed by atoms with Crippen molar-refractivity contribution < 1.29 is 46.9 Å². The largest absolute Gasteiger partial charge is 0.462 e. The van der Waals surface area contributed by atoms with Gasteiger partial charge in [0.05, 0.1) is 18.4 Å². The summed E-state index contributed by atoms with van der Waals surface area (Å²) in [6.07, 6.45) is -3.16. The minimum absolute atomic E-state index is 0.162. The summed E-state index contributed by atoms with van der Waals surface area (Å²) in [6.45, 7) is 12.7. The summed E-state index contributed by atoms with van der Waals surface area (Å²) in [4.78, 5) is 43.8. The quantitative estimate of drug-likeness (QED) is 0.0934. The van der Waals surface area contributed by atoms with E-state index >= 15 is 0 Å². The lowest BCUT2D eigenvalue weighted by molar-refractivity contribution is -0.174. The summed E-state index contributed by atoms with van der Waals surface area (Å²) in [5, 5.41) is 6.95. The molecule has 1 fully saturated rings. The van der Waals surface area contributed by atoms with Crippen LogP contribution in [-0.4, -0.2) is 81.2 Å². The molecular formula is C34H50N7O10P. The second-order valence-corrected chi connectivity index (χ2v) is 15.6. The molecule has 286 valence electrons. The van der Waals surface area contributed by atoms with Gasteiger partial charge >= 0.3 is 25.7 Å². The highest BCUT2D eigenvalue weighted by Crippen LogP contribution is 2.50. The van der Waals surface area contributed by atoms with Gasteiger partial charge in [-0.25, -0.2) is 14.1 Å². The van der Waals surface area contributed by atoms with E-state index in [1.165, 1.54) is 24.7 Å². The fourth-order valence-corrected chi connectivity index (χ4v) is 6.87. The lowest BCUT2D eigenvalue weighted by Crippen LogP contribution is -2.52. The Bertz CT molecular complexity index is 1760. The van der Waals surface area contributed by atoms with Crippen LogP contribution in [0.2, 0.25) is 0 Å². The average molecular weight is 748 g/mol. The van der Waals surface area contributed by atoms with Crippen molar-refractivity contribution in [1.82, 2.24) is 19.7 Å². The van der Waals surface area contributed by atoms with E-state index in [1.54, 1.807) is 84.0 Å². The Hall–Kier alpha value is -4.12. The topological polar surface area (TPSA) is 244 Å². The maximum absolute atomic E-state index is 14.5. The number of anilines is 1. The van der Waals surface area contributed by atoms with Crippen LogP contribution in [0, 0.1) is 11.8 Å². The molecule has 2 aromatic heterocycles. The van der Waals surface area contributed by atoms with Crippen LogP contribution in [0.1, 0.15) is 67.2 Å². The molecule has 1 aromatic carbocycles. The van der Waals surface area contributed by atoms with Gasteiger partial charge in [-0.05, 0) is 63.8 Å². The molecule has 1 aliphatic heterocycles. The van der Waals surface area contributed by atoms with Gasteiger partial charge in [-0.2, -0.15) is 10.2 Å². The molecule has 18 heteroatoms. The monoisotopic (exact) mass is 747 g/mol. The molecule has 0 bridgehead atoms. The van der Waals surface area contributed by atoms with Crippen molar-refractivity contribution in [2.24, 2.45) is 23.3 Å². The lowest BCUT2D eigenvalue weighted by atomic mass is 9.95. The second-order valence-electron chi connectivity index (χ2n) is 13.9. The van der Waals surface area contributed by atoms with Gasteiger partial charge in [0.15, 0.2) is 18.0 Å². The van der Waals surface area contributed by atoms with E-state index in [-0.39, 0.29) is 23.4 Å². The number of carbonyl (C=O) groups excluding carboxylic acids is 3. The highest BCUT2D eigenvalue weighted by molar-refractivity contribution is 7.52. The Morgan fingerprint density at radius 2 is 1.56 bits per heavy atom. The van der Waals surface area contributed by atoms with Gasteiger partial charge < -0.3 is 40.7 Å². The van der Waals surface area contributed by atoms with E-state index in [1.807, 2.05) is 0 Å². The molecule has 0 amide bonds. The van der Waals surface area contributed by atoms with Crippen molar-refractivity contribution >= 4 is 37.0 Å². The number of hydrogen-bond donors (Lipinski definition) is 4. The van der Waals surface area contributed by atoms with Crippen molar-refractivity contribution in [3.63, 3.8) is 0 Å². The molecule has 0 saturated carbocycles. The van der Waals surface area contributed by atoms with E-state index in [9.17, 15) is 18.9 Å². The summed E-state index contributed by atoms with van der Waals surface area (Å²) in [7, 11) is -4.45. The van der Waals surface area contributed by atoms with Crippen molar-refractivity contribution in [3.05, 3.63) is 54.5 Å². The smallest absolute Gasteiger partial charge is 0.459 e. The fourth-order valence-electron chi connectivity index (χ4n) is 5.29. The Balaban J connectivity index is 1.80. The molecule has 0 spiro atoms. The van der Waals surface area contributed by atoms with Gasteiger partial charge in [-0.3, -0.25) is 18.9 Å². The summed E-state index contributed by atoms with van der Waals surface area (Å²) in [5.74, 6) is -2.62. The van der Waals surface area contributed by atoms with E-state index in [2.05, 4.69) is 15.2 Å². The first-order valence-corrected chi connectivity index (χ1v) is 18.6. The Labute approximate surface area is 302 Å². The molecule has 1 aliphatic rings. The number of hydrogen-bond acceptors (Lipinski definition) is 15. The van der Waals surface area contributed by atoms with Crippen LogP contribution in [0.4, 0.5) is 5.82 Å². The number of ether oxygens (including phenoxy) is 4. The zero-order valence-corrected chi connectivity index (χ0v) is 31.5. The zero-order chi connectivity index (χ0) is 38.5. The first-order chi connectivity index (χ1) is 24.4. The van der Waals surface area contributed by atoms with Crippen LogP contribution in [0.5, 0.6) is 5.75 Å². The average Bonchev–Trinajstić information content (AvgIpc) is 3.62. The van der Waals surface area contributed by atoms with Gasteiger partial charge in [0.1, 0.15) is 47.4 Å². The zero-order valence-electron chi connectivity index (χ0n) is 30.6. The first-order valence-electron chi connectivity index (χ1n) is 17.0. The normalized spacial score (nSPS) is 23.3. The molecule has 52 heavy (non-hydrogen) atoms. The number of nitrogens with one attached hydrogen (secondary N) is 1. The molecule has 1 saturated heterocycles. The maximum atomic E-state index is 14.5. The van der Waals surface area contributed by atoms with E-state index < -0.39 is 80.4 Å². The van der Waals surface area contributed by atoms with Crippen LogP contribution in [0.15, 0.2) is 48.8 Å². The van der Waals surface area contributed by atoms with Gasteiger partial charge in [0.25, 0.3) is 0 Å². The maximum Gasteiger partial charge on any atom is 0.459 e. The van der Waals surface area contributed by atoms with Gasteiger partial charge in [-0.15, -0.1) is 0 Å². The lowest BCUT2D eigenvalue weighted by Gasteiger charge is -2.33. The minimum atomic E-state index is -4.45. The third-order valence-electron chi connectivity index (χ3n) is 8.42. The van der Waals surface area contributed by atoms with Gasteiger partial charge in [0, 0.05) is 0 Å². The Morgan fingerprint density at radius 3 is 2.15 bits per heavy atom. The van der Waals surface area contributed by atoms with E-state index in [0.717, 1.165) is 0 Å². The van der Waals surface area contributed by atoms with Crippen LogP contribution < -0.4 is 26.8 Å². The SMILES string of the molecule is CC(C)OC(=O)[C@H](C)N[P@](=O)(OC[C@@]1(C)O[C@@H](c2ccc3c(N)ncnn23)[C@H](OC(=O)[C@@H](N)C(C)C)[C@@H]1OC(=O)[C@@H](N)C(C)C)Oc1ccccc1. The van der Waals surface area contributed by atoms with Crippen molar-refractivity contribution in [3.8, 4) is 5.75 Å². The molecular weight excluding hydrogens is 697 g/mol. The summed E-state index contributed by atoms with van der Waals surface area (Å²) in [5.41, 5.74) is 17.6. The van der Waals surface area contributed by atoms with Crippen molar-refractivity contribution in [1.29, 1.82) is 0 Å². The predicted octanol–water partition coefficient (Wildman–Crippen LogP) is 3.07. The fraction of sp³-hybridized carbons (Fsp3) is 0.559. The molecule has 0 aliphatic carbocycles. The van der Waals surface area contributed by atoms with Crippen LogP contribution in [0.3, 0.4) is 0 Å². The number of nitrogens with zero attached hydrogens (tertiary/aromatic N) is 3. The first kappa shape index (κ1) is 40.6. The molecule has 17 nitrogen and oxygen atoms in total. The molecule has 4 rings (SSSR count). The van der Waals surface area contributed by atoms with Crippen molar-refractivity contribution in [2.45, 2.75) is 104 Å². The number of benzene rings is 1. The van der Waals surface area contributed by atoms with Gasteiger partial charge in [0.2, 0.25) is 0 Å². The molecule has 8 atom stereocenters. The highest BCUT2D eigenvalue weighted by Gasteiger charge is 2.59. The number of para-hydroxylation sites is 1. The minimum Gasteiger partial charge on any atom is -0.462 e. The number of nitrogens with two attached hydrogens (primary N) is 3. The number of rotatable bonds is 16. The number of nitrogen functional groups attached to an aromatic ring is 1. The number of esters is 3. The van der Waals surface area contributed by atoms with E-state index in [4.69, 9.17) is 45.2 Å². The standard InChI is InChI=1S/C34H50N7O10P/c1-18(2)25(35)32(43)48-28-27(23-14-15-24-30(37)38-17-39-41(23)24)50-34(8,29(28)49-33(44)26(36)19(3)4)16-46-52(45,51-22-12-10-9-11-13-22)40-21(7)31(42)47-20(5)6/h9-15,17-21,25-29H,16,35-36H2,1-8H3,(H,40,45)(H2,37,38,39)/t21-,25-,26-,27-,28-,29-,34+,52-/m0/s1. The molecule has 0 radical (unpaired) electrons. The summed E-state index contributed by atoms with van der Waals surface area (Å²) in [6, 6.07) is 8.19.